The number of benzene rings is 1. The normalized spacial score (nSPS) is 8.83. The van der Waals surface area contributed by atoms with Gasteiger partial charge in [-0.2, -0.15) is 0 Å². The van der Waals surface area contributed by atoms with E-state index in [4.69, 9.17) is 0 Å². The van der Waals surface area contributed by atoms with Gasteiger partial charge in [0.15, 0.2) is 0 Å². The summed E-state index contributed by atoms with van der Waals surface area (Å²) in [5, 5.41) is 1.13. The summed E-state index contributed by atoms with van der Waals surface area (Å²) < 4.78 is 0. The fourth-order valence-corrected chi connectivity index (χ4v) is 2.31. The SMILES string of the molecule is CC.CC.Cc1cnc(-c2cccc(C)c2C)s1. The first-order valence-electron chi connectivity index (χ1n) is 6.67. The molecule has 2 aromatic rings. The van der Waals surface area contributed by atoms with Gasteiger partial charge in [0.2, 0.25) is 0 Å². The Morgan fingerprint density at radius 3 is 2.06 bits per heavy atom. The Balaban J connectivity index is 0.000000659. The minimum Gasteiger partial charge on any atom is -0.244 e. The van der Waals surface area contributed by atoms with Crippen LogP contribution in [-0.2, 0) is 0 Å². The predicted molar refractivity (Wildman–Crippen MR) is 84.5 cm³/mol. The van der Waals surface area contributed by atoms with Gasteiger partial charge in [-0.25, -0.2) is 4.98 Å². The van der Waals surface area contributed by atoms with Crippen LogP contribution in [0.2, 0.25) is 0 Å². The van der Waals surface area contributed by atoms with Gasteiger partial charge in [0.05, 0.1) is 0 Å². The molecule has 0 aliphatic rings. The molecule has 0 radical (unpaired) electrons. The third-order valence-electron chi connectivity index (χ3n) is 2.46. The molecule has 1 aromatic heterocycles. The molecule has 1 nitrogen and oxygen atoms in total. The third-order valence-corrected chi connectivity index (χ3v) is 3.40. The first kappa shape index (κ1) is 16.9. The van der Waals surface area contributed by atoms with E-state index in [1.165, 1.54) is 21.6 Å². The summed E-state index contributed by atoms with van der Waals surface area (Å²) in [6, 6.07) is 6.37. The Morgan fingerprint density at radius 1 is 0.944 bits per heavy atom. The van der Waals surface area contributed by atoms with Crippen molar-refractivity contribution in [1.82, 2.24) is 4.98 Å². The van der Waals surface area contributed by atoms with Gasteiger partial charge in [-0.05, 0) is 31.9 Å². The third kappa shape index (κ3) is 4.26. The second-order valence-corrected chi connectivity index (χ2v) is 4.76. The van der Waals surface area contributed by atoms with Gasteiger partial charge < -0.3 is 0 Å². The minimum atomic E-state index is 1.13. The second kappa shape index (κ2) is 8.87. The van der Waals surface area contributed by atoms with Crippen molar-refractivity contribution in [2.75, 3.05) is 0 Å². The molecule has 0 fully saturated rings. The molecule has 1 heterocycles. The van der Waals surface area contributed by atoms with E-state index in [0.29, 0.717) is 0 Å². The molecule has 2 heteroatoms. The average Bonchev–Trinajstić information content (AvgIpc) is 2.84. The Morgan fingerprint density at radius 2 is 1.56 bits per heavy atom. The highest BCUT2D eigenvalue weighted by molar-refractivity contribution is 7.14. The molecule has 100 valence electrons. The van der Waals surface area contributed by atoms with Crippen LogP contribution in [-0.4, -0.2) is 4.98 Å². The first-order valence-corrected chi connectivity index (χ1v) is 7.49. The van der Waals surface area contributed by atoms with E-state index in [1.807, 2.05) is 33.9 Å². The van der Waals surface area contributed by atoms with E-state index < -0.39 is 0 Å². The topological polar surface area (TPSA) is 12.9 Å². The van der Waals surface area contributed by atoms with Crippen LogP contribution in [0.5, 0.6) is 0 Å². The van der Waals surface area contributed by atoms with E-state index in [-0.39, 0.29) is 0 Å². The first-order chi connectivity index (χ1) is 8.68. The fourth-order valence-electron chi connectivity index (χ4n) is 1.46. The zero-order chi connectivity index (χ0) is 14.1. The summed E-state index contributed by atoms with van der Waals surface area (Å²) in [4.78, 5) is 5.67. The van der Waals surface area contributed by atoms with Crippen LogP contribution in [0.3, 0.4) is 0 Å². The molecule has 0 atom stereocenters. The van der Waals surface area contributed by atoms with Crippen LogP contribution in [0.25, 0.3) is 10.6 Å². The number of thiazole rings is 1. The van der Waals surface area contributed by atoms with Crippen molar-refractivity contribution in [2.24, 2.45) is 0 Å². The Labute approximate surface area is 116 Å². The maximum atomic E-state index is 4.41. The molecule has 2 rings (SSSR count). The Bertz CT molecular complexity index is 458. The molecule has 0 unspecified atom stereocenters. The van der Waals surface area contributed by atoms with Crippen LogP contribution < -0.4 is 0 Å². The lowest BCUT2D eigenvalue weighted by molar-refractivity contribution is 1.31. The van der Waals surface area contributed by atoms with Gasteiger partial charge in [-0.3, -0.25) is 0 Å². The van der Waals surface area contributed by atoms with Gasteiger partial charge in [0.1, 0.15) is 5.01 Å². The fraction of sp³-hybridized carbons (Fsp3) is 0.438. The van der Waals surface area contributed by atoms with Crippen molar-refractivity contribution in [2.45, 2.75) is 48.5 Å². The smallest absolute Gasteiger partial charge is 0.123 e. The van der Waals surface area contributed by atoms with E-state index in [1.54, 1.807) is 11.3 Å². The van der Waals surface area contributed by atoms with E-state index in [9.17, 15) is 0 Å². The van der Waals surface area contributed by atoms with E-state index in [2.05, 4.69) is 44.0 Å². The summed E-state index contributed by atoms with van der Waals surface area (Å²) >= 11 is 1.75. The largest absolute Gasteiger partial charge is 0.244 e. The van der Waals surface area contributed by atoms with Crippen LogP contribution in [0, 0.1) is 20.8 Å². The van der Waals surface area contributed by atoms with Crippen LogP contribution in [0.1, 0.15) is 43.7 Å². The molecule has 0 amide bonds. The quantitative estimate of drug-likeness (QED) is 0.634. The predicted octanol–water partition coefficient (Wildman–Crippen LogP) is 5.79. The molecule has 0 saturated carbocycles. The number of rotatable bonds is 1. The van der Waals surface area contributed by atoms with Gasteiger partial charge in [-0.15, -0.1) is 11.3 Å². The number of aromatic nitrogens is 1. The van der Waals surface area contributed by atoms with Gasteiger partial charge in [-0.1, -0.05) is 45.9 Å². The van der Waals surface area contributed by atoms with Crippen molar-refractivity contribution in [3.63, 3.8) is 0 Å². The zero-order valence-electron chi connectivity index (χ0n) is 12.7. The molecule has 0 N–H and O–H groups in total. The molecule has 18 heavy (non-hydrogen) atoms. The Kier molecular flexibility index (Phi) is 8.30. The molecule has 0 saturated heterocycles. The maximum Gasteiger partial charge on any atom is 0.123 e. The number of hydrogen-bond donors (Lipinski definition) is 0. The highest BCUT2D eigenvalue weighted by atomic mass is 32.1. The van der Waals surface area contributed by atoms with Gasteiger partial charge in [0, 0.05) is 16.6 Å². The minimum absolute atomic E-state index is 1.13. The highest BCUT2D eigenvalue weighted by Crippen LogP contribution is 2.28. The second-order valence-electron chi connectivity index (χ2n) is 3.52. The van der Waals surface area contributed by atoms with Crippen molar-refractivity contribution >= 4 is 11.3 Å². The van der Waals surface area contributed by atoms with Crippen LogP contribution >= 0.6 is 11.3 Å². The molecule has 0 aliphatic carbocycles. The summed E-state index contributed by atoms with van der Waals surface area (Å²) in [5.74, 6) is 0. The summed E-state index contributed by atoms with van der Waals surface area (Å²) in [6.45, 7) is 14.4. The van der Waals surface area contributed by atoms with E-state index >= 15 is 0 Å². The summed E-state index contributed by atoms with van der Waals surface area (Å²) in [5.41, 5.74) is 3.93. The van der Waals surface area contributed by atoms with Crippen LogP contribution in [0.4, 0.5) is 0 Å². The summed E-state index contributed by atoms with van der Waals surface area (Å²) in [6.07, 6.45) is 1.93. The highest BCUT2D eigenvalue weighted by Gasteiger charge is 2.06. The maximum absolute atomic E-state index is 4.41. The Hall–Kier alpha value is -1.15. The van der Waals surface area contributed by atoms with Crippen LogP contribution in [0.15, 0.2) is 24.4 Å². The monoisotopic (exact) mass is 263 g/mol. The van der Waals surface area contributed by atoms with Crippen molar-refractivity contribution in [1.29, 1.82) is 0 Å². The molecule has 0 aliphatic heterocycles. The number of hydrogen-bond acceptors (Lipinski definition) is 2. The number of nitrogens with zero attached hydrogens (tertiary/aromatic N) is 1. The number of aryl methyl sites for hydroxylation is 2. The van der Waals surface area contributed by atoms with Gasteiger partial charge >= 0.3 is 0 Å². The standard InChI is InChI=1S/C12H13NS.2C2H6/c1-8-5-4-6-11(10(8)3)12-13-7-9(2)14-12;2*1-2/h4-7H,1-3H3;2*1-2H3. The lowest BCUT2D eigenvalue weighted by Crippen LogP contribution is -1.85. The lowest BCUT2D eigenvalue weighted by Gasteiger charge is -2.04. The van der Waals surface area contributed by atoms with Crippen molar-refractivity contribution < 1.29 is 0 Å². The van der Waals surface area contributed by atoms with E-state index in [0.717, 1.165) is 5.01 Å². The van der Waals surface area contributed by atoms with Crippen molar-refractivity contribution in [3.05, 3.63) is 40.4 Å². The zero-order valence-corrected chi connectivity index (χ0v) is 13.5. The molecule has 1 aromatic carbocycles. The molecular weight excluding hydrogens is 238 g/mol. The van der Waals surface area contributed by atoms with Crippen molar-refractivity contribution in [3.8, 4) is 10.6 Å². The lowest BCUT2D eigenvalue weighted by atomic mass is 10.0. The molecule has 0 spiro atoms. The summed E-state index contributed by atoms with van der Waals surface area (Å²) in [7, 11) is 0. The molecule has 0 bridgehead atoms. The van der Waals surface area contributed by atoms with Gasteiger partial charge in [0.25, 0.3) is 0 Å². The molecular formula is C16H25NS. The average molecular weight is 263 g/mol.